The Morgan fingerprint density at radius 3 is 2.50 bits per heavy atom. The van der Waals surface area contributed by atoms with Crippen LogP contribution in [0.5, 0.6) is 0 Å². The quantitative estimate of drug-likeness (QED) is 0.803. The van der Waals surface area contributed by atoms with Gasteiger partial charge in [-0.1, -0.05) is 30.3 Å². The summed E-state index contributed by atoms with van der Waals surface area (Å²) in [6.45, 7) is 0. The first-order valence-corrected chi connectivity index (χ1v) is 7.09. The van der Waals surface area contributed by atoms with Crippen molar-refractivity contribution < 1.29 is 4.79 Å². The summed E-state index contributed by atoms with van der Waals surface area (Å²) < 4.78 is 0. The Morgan fingerprint density at radius 2 is 1.85 bits per heavy atom. The second-order valence-electron chi connectivity index (χ2n) is 4.79. The lowest BCUT2D eigenvalue weighted by molar-refractivity contribution is 0.0959. The van der Waals surface area contributed by atoms with Crippen molar-refractivity contribution >= 4 is 17.1 Å². The van der Waals surface area contributed by atoms with Gasteiger partial charge in [-0.3, -0.25) is 4.79 Å². The smallest absolute Gasteiger partial charge is 0.177 e. The van der Waals surface area contributed by atoms with Crippen molar-refractivity contribution in [3.05, 3.63) is 57.8 Å². The van der Waals surface area contributed by atoms with Crippen LogP contribution in [0.15, 0.2) is 41.8 Å². The van der Waals surface area contributed by atoms with E-state index >= 15 is 0 Å². The predicted molar refractivity (Wildman–Crippen MR) is 75.4 cm³/mol. The molecule has 3 rings (SSSR count). The molecule has 1 unspecified atom stereocenters. The predicted octanol–water partition coefficient (Wildman–Crippen LogP) is 3.40. The molecule has 0 spiro atoms. The molecule has 0 radical (unpaired) electrons. The fourth-order valence-corrected chi connectivity index (χ4v) is 3.72. The highest BCUT2D eigenvalue weighted by atomic mass is 32.1. The summed E-state index contributed by atoms with van der Waals surface area (Å²) in [5, 5.41) is 21.1. The molecule has 1 atom stereocenters. The lowest BCUT2D eigenvalue weighted by atomic mass is 9.64. The van der Waals surface area contributed by atoms with E-state index in [4.69, 9.17) is 0 Å². The van der Waals surface area contributed by atoms with Crippen molar-refractivity contribution in [1.29, 1.82) is 10.5 Å². The first-order valence-electron chi connectivity index (χ1n) is 6.21. The second kappa shape index (κ2) is 4.59. The number of thiophene rings is 1. The summed E-state index contributed by atoms with van der Waals surface area (Å²) >= 11 is 1.31. The maximum atomic E-state index is 12.2. The van der Waals surface area contributed by atoms with Crippen molar-refractivity contribution in [2.45, 2.75) is 17.8 Å². The topological polar surface area (TPSA) is 64.7 Å². The molecule has 3 nitrogen and oxygen atoms in total. The summed E-state index contributed by atoms with van der Waals surface area (Å²) in [4.78, 5) is 12.8. The largest absolute Gasteiger partial charge is 0.293 e. The van der Waals surface area contributed by atoms with Crippen molar-refractivity contribution in [3.63, 3.8) is 0 Å². The number of carbonyl (C=O) groups is 1. The summed E-state index contributed by atoms with van der Waals surface area (Å²) in [5.74, 6) is -0.390. The minimum Gasteiger partial charge on any atom is -0.293 e. The Balaban J connectivity index is 2.25. The minimum atomic E-state index is -1.27. The van der Waals surface area contributed by atoms with Crippen LogP contribution in [-0.4, -0.2) is 5.78 Å². The molecule has 0 saturated carbocycles. The van der Waals surface area contributed by atoms with Crippen molar-refractivity contribution in [3.8, 4) is 12.1 Å². The number of nitrogens with zero attached hydrogens (tertiary/aromatic N) is 2. The summed E-state index contributed by atoms with van der Waals surface area (Å²) in [7, 11) is 0. The molecule has 1 aliphatic rings. The van der Waals surface area contributed by atoms with Crippen molar-refractivity contribution in [1.82, 2.24) is 0 Å². The first kappa shape index (κ1) is 12.6. The van der Waals surface area contributed by atoms with Gasteiger partial charge in [0.15, 0.2) is 11.2 Å². The van der Waals surface area contributed by atoms with Crippen LogP contribution in [0, 0.1) is 22.7 Å². The number of nitriles is 2. The van der Waals surface area contributed by atoms with Crippen molar-refractivity contribution in [2.24, 2.45) is 0 Å². The zero-order valence-electron chi connectivity index (χ0n) is 10.5. The third-order valence-corrected chi connectivity index (χ3v) is 4.77. The van der Waals surface area contributed by atoms with Crippen LogP contribution < -0.4 is 0 Å². The van der Waals surface area contributed by atoms with E-state index in [0.717, 1.165) is 5.56 Å². The van der Waals surface area contributed by atoms with E-state index in [1.807, 2.05) is 30.3 Å². The van der Waals surface area contributed by atoms with Crippen LogP contribution in [0.2, 0.25) is 0 Å². The van der Waals surface area contributed by atoms with Gasteiger partial charge in [0.2, 0.25) is 0 Å². The molecule has 1 heterocycles. The maximum Gasteiger partial charge on any atom is 0.177 e. The number of rotatable bonds is 1. The Labute approximate surface area is 120 Å². The maximum absolute atomic E-state index is 12.2. The van der Waals surface area contributed by atoms with Crippen LogP contribution in [-0.2, 0) is 5.41 Å². The second-order valence-corrected chi connectivity index (χ2v) is 5.70. The van der Waals surface area contributed by atoms with Gasteiger partial charge in [0.25, 0.3) is 0 Å². The molecule has 0 fully saturated rings. The fraction of sp³-hybridized carbons (Fsp3) is 0.188. The van der Waals surface area contributed by atoms with Crippen LogP contribution >= 0.6 is 11.3 Å². The lowest BCUT2D eigenvalue weighted by Crippen LogP contribution is -2.37. The summed E-state index contributed by atoms with van der Waals surface area (Å²) in [6, 6.07) is 15.4. The van der Waals surface area contributed by atoms with Crippen molar-refractivity contribution in [2.75, 3.05) is 0 Å². The monoisotopic (exact) mass is 278 g/mol. The number of carbonyl (C=O) groups excluding carboxylic acids is 1. The molecule has 0 N–H and O–H groups in total. The van der Waals surface area contributed by atoms with Gasteiger partial charge in [0, 0.05) is 17.9 Å². The minimum absolute atomic E-state index is 0.0185. The third-order valence-electron chi connectivity index (χ3n) is 3.81. The highest BCUT2D eigenvalue weighted by Crippen LogP contribution is 2.48. The van der Waals surface area contributed by atoms with E-state index in [-0.39, 0.29) is 12.2 Å². The van der Waals surface area contributed by atoms with Gasteiger partial charge in [-0.25, -0.2) is 0 Å². The summed E-state index contributed by atoms with van der Waals surface area (Å²) in [6.07, 6.45) is 0.207. The fourth-order valence-electron chi connectivity index (χ4n) is 2.81. The zero-order valence-corrected chi connectivity index (χ0v) is 11.4. The number of Topliss-reactive ketones (excluding diaryl/α,β-unsaturated/α-hetero) is 1. The molecule has 0 amide bonds. The van der Waals surface area contributed by atoms with Gasteiger partial charge in [0.1, 0.15) is 0 Å². The highest BCUT2D eigenvalue weighted by Gasteiger charge is 2.49. The molecule has 1 aromatic carbocycles. The third kappa shape index (κ3) is 1.59. The number of fused-ring (bicyclic) bond motifs is 1. The zero-order chi connectivity index (χ0) is 14.2. The van der Waals surface area contributed by atoms with E-state index < -0.39 is 11.3 Å². The van der Waals surface area contributed by atoms with Crippen LogP contribution in [0.3, 0.4) is 0 Å². The van der Waals surface area contributed by atoms with Gasteiger partial charge in [-0.15, -0.1) is 11.3 Å². The molecule has 0 saturated heterocycles. The Kier molecular flexibility index (Phi) is 2.89. The van der Waals surface area contributed by atoms with Gasteiger partial charge in [-0.2, -0.15) is 10.5 Å². The number of benzene rings is 1. The molecular weight excluding hydrogens is 268 g/mol. The van der Waals surface area contributed by atoms with Gasteiger partial charge in [-0.05, 0) is 17.0 Å². The first-order chi connectivity index (χ1) is 9.73. The standard InChI is InChI=1S/C16H10N2OS/c17-9-16(10-18)12-6-7-20-15(12)14(19)8-13(16)11-4-2-1-3-5-11/h1-7,13H,8H2. The van der Waals surface area contributed by atoms with E-state index in [1.54, 1.807) is 11.4 Å². The molecule has 0 aliphatic heterocycles. The van der Waals surface area contributed by atoms with E-state index in [2.05, 4.69) is 12.1 Å². The molecule has 1 aliphatic carbocycles. The summed E-state index contributed by atoms with van der Waals surface area (Å²) in [5.41, 5.74) is 0.156. The average Bonchev–Trinajstić information content (AvgIpc) is 2.99. The normalized spacial score (nSPS) is 19.7. The molecule has 2 aromatic rings. The van der Waals surface area contributed by atoms with Crippen LogP contribution in [0.4, 0.5) is 0 Å². The Bertz CT molecular complexity index is 735. The molecule has 4 heteroatoms. The van der Waals surface area contributed by atoms with E-state index in [0.29, 0.717) is 10.4 Å². The number of ketones is 1. The Hall–Kier alpha value is -2.43. The van der Waals surface area contributed by atoms with Crippen LogP contribution in [0.1, 0.15) is 33.1 Å². The molecular formula is C16H10N2OS. The van der Waals surface area contributed by atoms with Gasteiger partial charge in [0.05, 0.1) is 17.0 Å². The van der Waals surface area contributed by atoms with E-state index in [1.165, 1.54) is 11.3 Å². The molecule has 0 bridgehead atoms. The van der Waals surface area contributed by atoms with Crippen LogP contribution in [0.25, 0.3) is 0 Å². The SMILES string of the molecule is N#CC1(C#N)c2ccsc2C(=O)CC1c1ccccc1. The highest BCUT2D eigenvalue weighted by molar-refractivity contribution is 7.12. The molecule has 96 valence electrons. The van der Waals surface area contributed by atoms with Gasteiger partial charge >= 0.3 is 0 Å². The number of hydrogen-bond donors (Lipinski definition) is 0. The lowest BCUT2D eigenvalue weighted by Gasteiger charge is -2.33. The van der Waals surface area contributed by atoms with E-state index in [9.17, 15) is 15.3 Å². The average molecular weight is 278 g/mol. The number of hydrogen-bond acceptors (Lipinski definition) is 4. The Morgan fingerprint density at radius 1 is 1.15 bits per heavy atom. The molecule has 20 heavy (non-hydrogen) atoms. The molecule has 1 aromatic heterocycles. The van der Waals surface area contributed by atoms with Gasteiger partial charge < -0.3 is 0 Å².